The lowest BCUT2D eigenvalue weighted by Crippen LogP contribution is -2.20. The highest BCUT2D eigenvalue weighted by atomic mass is 79.9. The standard InChI is InChI=1S/C24H23BrN2O6S/c1-30-20-11-15(32-16-6-9-31-13-16)3-5-21(20)34(28,29)27-23-18-12-24(7-8-24)19-4-2-14(25)10-17(19)22(18)33-26-23/h2-5,10-11,16H,6-9,12-13H2,1H3,(H,26,27). The monoisotopic (exact) mass is 546 g/mol. The molecule has 2 fully saturated rings. The van der Waals surface area contributed by atoms with E-state index in [0.29, 0.717) is 31.1 Å². The van der Waals surface area contributed by atoms with E-state index in [1.54, 1.807) is 12.1 Å². The van der Waals surface area contributed by atoms with E-state index in [-0.39, 0.29) is 28.0 Å². The molecule has 0 bridgehead atoms. The Morgan fingerprint density at radius 1 is 1.21 bits per heavy atom. The van der Waals surface area contributed by atoms with Gasteiger partial charge >= 0.3 is 0 Å². The molecule has 1 aliphatic heterocycles. The summed E-state index contributed by atoms with van der Waals surface area (Å²) in [4.78, 5) is 0.00172. The van der Waals surface area contributed by atoms with Crippen LogP contribution in [0.3, 0.4) is 0 Å². The lowest BCUT2D eigenvalue weighted by molar-refractivity contribution is 0.141. The fourth-order valence-corrected chi connectivity index (χ4v) is 6.43. The summed E-state index contributed by atoms with van der Waals surface area (Å²) < 4.78 is 52.6. The van der Waals surface area contributed by atoms with Crippen molar-refractivity contribution in [2.75, 3.05) is 25.0 Å². The maximum absolute atomic E-state index is 13.4. The van der Waals surface area contributed by atoms with Crippen LogP contribution in [0.4, 0.5) is 5.82 Å². The third-order valence-corrected chi connectivity index (χ3v) is 8.67. The summed E-state index contributed by atoms with van der Waals surface area (Å²) in [6.07, 6.45) is 3.54. The molecule has 8 nitrogen and oxygen atoms in total. The zero-order chi connectivity index (χ0) is 23.5. The normalized spacial score (nSPS) is 20.0. The summed E-state index contributed by atoms with van der Waals surface area (Å²) in [5.41, 5.74) is 3.00. The number of aromatic nitrogens is 1. The first-order valence-electron chi connectivity index (χ1n) is 11.1. The van der Waals surface area contributed by atoms with Gasteiger partial charge in [-0.25, -0.2) is 8.42 Å². The topological polar surface area (TPSA) is 99.9 Å². The Hall–Kier alpha value is -2.56. The number of halogens is 1. The van der Waals surface area contributed by atoms with Crippen molar-refractivity contribution < 1.29 is 27.2 Å². The molecule has 2 aliphatic carbocycles. The summed E-state index contributed by atoms with van der Waals surface area (Å²) in [6.45, 7) is 1.17. The number of anilines is 1. The predicted molar refractivity (Wildman–Crippen MR) is 128 cm³/mol. The van der Waals surface area contributed by atoms with E-state index in [4.69, 9.17) is 18.7 Å². The van der Waals surface area contributed by atoms with E-state index < -0.39 is 10.0 Å². The molecule has 0 radical (unpaired) electrons. The van der Waals surface area contributed by atoms with Crippen LogP contribution in [0.1, 0.15) is 30.4 Å². The molecule has 0 amide bonds. The molecule has 6 rings (SSSR count). The summed E-state index contributed by atoms with van der Waals surface area (Å²) in [5, 5.41) is 4.11. The minimum Gasteiger partial charge on any atom is -0.495 e. The average Bonchev–Trinajstić information content (AvgIpc) is 3.20. The van der Waals surface area contributed by atoms with Crippen LogP contribution in [0.5, 0.6) is 11.5 Å². The molecule has 1 N–H and O–H groups in total. The lowest BCUT2D eigenvalue weighted by atomic mass is 9.79. The van der Waals surface area contributed by atoms with Gasteiger partial charge in [0.05, 0.1) is 20.3 Å². The van der Waals surface area contributed by atoms with Crippen LogP contribution in [0.2, 0.25) is 0 Å². The van der Waals surface area contributed by atoms with Crippen molar-refractivity contribution in [3.63, 3.8) is 0 Å². The molecule has 178 valence electrons. The smallest absolute Gasteiger partial charge is 0.266 e. The molecule has 2 aromatic carbocycles. The van der Waals surface area contributed by atoms with E-state index in [2.05, 4.69) is 31.9 Å². The fraction of sp³-hybridized carbons (Fsp3) is 0.375. The first-order chi connectivity index (χ1) is 16.4. The van der Waals surface area contributed by atoms with Gasteiger partial charge in [0.2, 0.25) is 0 Å². The number of hydrogen-bond donors (Lipinski definition) is 1. The minimum absolute atomic E-state index is 0.00172. The molecule has 34 heavy (non-hydrogen) atoms. The number of nitrogens with one attached hydrogen (secondary N) is 1. The van der Waals surface area contributed by atoms with Crippen LogP contribution in [0.15, 0.2) is 50.3 Å². The first-order valence-corrected chi connectivity index (χ1v) is 13.4. The number of methoxy groups -OCH3 is 1. The molecule has 3 aliphatic rings. The Kier molecular flexibility index (Phi) is 5.16. The van der Waals surface area contributed by atoms with Crippen molar-refractivity contribution in [3.05, 3.63) is 52.0 Å². The van der Waals surface area contributed by atoms with E-state index >= 15 is 0 Å². The number of nitrogens with zero attached hydrogens (tertiary/aromatic N) is 1. The van der Waals surface area contributed by atoms with Gasteiger partial charge < -0.3 is 18.7 Å². The predicted octanol–water partition coefficient (Wildman–Crippen LogP) is 4.67. The van der Waals surface area contributed by atoms with E-state index in [0.717, 1.165) is 34.9 Å². The number of fused-ring (bicyclic) bond motifs is 4. The molecule has 1 saturated heterocycles. The Balaban J connectivity index is 1.32. The second-order valence-electron chi connectivity index (χ2n) is 9.01. The van der Waals surface area contributed by atoms with Gasteiger partial charge in [-0.1, -0.05) is 27.2 Å². The van der Waals surface area contributed by atoms with Crippen molar-refractivity contribution in [2.24, 2.45) is 0 Å². The van der Waals surface area contributed by atoms with Gasteiger partial charge in [-0.2, -0.15) is 0 Å². The van der Waals surface area contributed by atoms with Gasteiger partial charge in [0.15, 0.2) is 11.6 Å². The quantitative estimate of drug-likeness (QED) is 0.479. The molecule has 3 aromatic rings. The molecule has 2 heterocycles. The molecule has 1 spiro atoms. The molecule has 1 unspecified atom stereocenters. The van der Waals surface area contributed by atoms with E-state index in [9.17, 15) is 8.42 Å². The van der Waals surface area contributed by atoms with E-state index in [1.807, 2.05) is 12.1 Å². The molecule has 10 heteroatoms. The molecule has 1 aromatic heterocycles. The SMILES string of the molecule is COc1cc(OC2CCOC2)ccc1S(=O)(=O)Nc1noc2c1CC1(CC1)c1ccc(Br)cc1-2. The zero-order valence-electron chi connectivity index (χ0n) is 18.5. The van der Waals surface area contributed by atoms with Gasteiger partial charge in [-0.05, 0) is 49.1 Å². The number of benzene rings is 2. The van der Waals surface area contributed by atoms with Crippen molar-refractivity contribution in [1.29, 1.82) is 0 Å². The summed E-state index contributed by atoms with van der Waals surface area (Å²) in [7, 11) is -2.56. The molecular weight excluding hydrogens is 524 g/mol. The largest absolute Gasteiger partial charge is 0.495 e. The van der Waals surface area contributed by atoms with Crippen molar-refractivity contribution >= 4 is 31.8 Å². The van der Waals surface area contributed by atoms with Gasteiger partial charge in [0.1, 0.15) is 22.5 Å². The number of hydrogen-bond acceptors (Lipinski definition) is 7. The second-order valence-corrected chi connectivity index (χ2v) is 11.6. The third-order valence-electron chi connectivity index (χ3n) is 6.80. The van der Waals surface area contributed by atoms with Crippen molar-refractivity contribution in [1.82, 2.24) is 5.16 Å². The van der Waals surface area contributed by atoms with Crippen molar-refractivity contribution in [2.45, 2.75) is 42.1 Å². The number of sulfonamides is 1. The van der Waals surface area contributed by atoms with Gasteiger partial charge in [-0.15, -0.1) is 0 Å². The van der Waals surface area contributed by atoms with Gasteiger partial charge in [-0.3, -0.25) is 4.72 Å². The fourth-order valence-electron chi connectivity index (χ4n) is 4.89. The first kappa shape index (κ1) is 21.9. The van der Waals surface area contributed by atoms with Gasteiger partial charge in [0, 0.05) is 33.5 Å². The van der Waals surface area contributed by atoms with Crippen LogP contribution in [0, 0.1) is 0 Å². The highest BCUT2D eigenvalue weighted by molar-refractivity contribution is 9.10. The van der Waals surface area contributed by atoms with Crippen LogP contribution < -0.4 is 14.2 Å². The van der Waals surface area contributed by atoms with E-state index in [1.165, 1.54) is 18.7 Å². The number of ether oxygens (including phenoxy) is 3. The van der Waals surface area contributed by atoms with Gasteiger partial charge in [0.25, 0.3) is 10.0 Å². The van der Waals surface area contributed by atoms with Crippen LogP contribution in [-0.2, 0) is 26.6 Å². The summed E-state index contributed by atoms with van der Waals surface area (Å²) in [5.74, 6) is 1.55. The van der Waals surface area contributed by atoms with Crippen LogP contribution in [0.25, 0.3) is 11.3 Å². The highest BCUT2D eigenvalue weighted by Gasteiger charge is 2.50. The maximum atomic E-state index is 13.4. The Labute approximate surface area is 205 Å². The molecule has 1 atom stereocenters. The maximum Gasteiger partial charge on any atom is 0.266 e. The number of rotatable bonds is 6. The van der Waals surface area contributed by atoms with Crippen LogP contribution >= 0.6 is 15.9 Å². The van der Waals surface area contributed by atoms with Crippen LogP contribution in [-0.4, -0.2) is 40.0 Å². The summed E-state index contributed by atoms with van der Waals surface area (Å²) in [6, 6.07) is 10.8. The third kappa shape index (κ3) is 3.68. The average molecular weight is 547 g/mol. The molecular formula is C24H23BrN2O6S. The Morgan fingerprint density at radius 3 is 2.79 bits per heavy atom. The zero-order valence-corrected chi connectivity index (χ0v) is 20.9. The second kappa shape index (κ2) is 8.00. The lowest BCUT2D eigenvalue weighted by Gasteiger charge is -2.24. The van der Waals surface area contributed by atoms with Crippen molar-refractivity contribution in [3.8, 4) is 22.8 Å². The Bertz CT molecular complexity index is 1380. The Morgan fingerprint density at radius 2 is 2.06 bits per heavy atom. The highest BCUT2D eigenvalue weighted by Crippen LogP contribution is 2.58. The molecule has 1 saturated carbocycles. The minimum atomic E-state index is -3.99. The summed E-state index contributed by atoms with van der Waals surface area (Å²) >= 11 is 3.53.